The lowest BCUT2D eigenvalue weighted by atomic mass is 10.1. The molecule has 7 nitrogen and oxygen atoms in total. The SMILES string of the molecule is Cc1cccc(N(CC(=O)N(CCc2ccccc2)[C@@H](C)C(=O)NCC(C)C)S(C)(=O)=O)c1C. The van der Waals surface area contributed by atoms with Crippen molar-refractivity contribution < 1.29 is 18.0 Å². The Balaban J connectivity index is 2.33. The monoisotopic (exact) mass is 487 g/mol. The second-order valence-corrected chi connectivity index (χ2v) is 11.0. The molecule has 34 heavy (non-hydrogen) atoms. The maximum Gasteiger partial charge on any atom is 0.244 e. The Labute approximate surface area is 204 Å². The Morgan fingerprint density at radius 3 is 2.21 bits per heavy atom. The first-order valence-electron chi connectivity index (χ1n) is 11.6. The van der Waals surface area contributed by atoms with Crippen LogP contribution in [0.3, 0.4) is 0 Å². The summed E-state index contributed by atoms with van der Waals surface area (Å²) in [6, 6.07) is 14.3. The summed E-state index contributed by atoms with van der Waals surface area (Å²) in [5.41, 5.74) is 3.22. The zero-order valence-corrected chi connectivity index (χ0v) is 21.9. The van der Waals surface area contributed by atoms with Crippen LogP contribution in [0.2, 0.25) is 0 Å². The molecule has 0 spiro atoms. The van der Waals surface area contributed by atoms with Crippen molar-refractivity contribution in [3.8, 4) is 0 Å². The van der Waals surface area contributed by atoms with Gasteiger partial charge in [-0.1, -0.05) is 56.3 Å². The van der Waals surface area contributed by atoms with E-state index >= 15 is 0 Å². The van der Waals surface area contributed by atoms with Crippen LogP contribution >= 0.6 is 0 Å². The molecule has 0 fully saturated rings. The number of rotatable bonds is 11. The minimum absolute atomic E-state index is 0.257. The first-order valence-corrected chi connectivity index (χ1v) is 13.4. The third-order valence-electron chi connectivity index (χ3n) is 5.86. The molecule has 0 unspecified atom stereocenters. The number of sulfonamides is 1. The van der Waals surface area contributed by atoms with Crippen molar-refractivity contribution in [2.75, 3.05) is 30.2 Å². The molecule has 2 aromatic rings. The van der Waals surface area contributed by atoms with Gasteiger partial charge in [-0.05, 0) is 55.9 Å². The summed E-state index contributed by atoms with van der Waals surface area (Å²) in [6.45, 7) is 9.83. The second kappa shape index (κ2) is 12.0. The highest BCUT2D eigenvalue weighted by Crippen LogP contribution is 2.25. The lowest BCUT2D eigenvalue weighted by Gasteiger charge is -2.32. The number of hydrogen-bond acceptors (Lipinski definition) is 4. The van der Waals surface area contributed by atoms with Gasteiger partial charge in [0.15, 0.2) is 0 Å². The molecular formula is C26H37N3O4S. The summed E-state index contributed by atoms with van der Waals surface area (Å²) in [4.78, 5) is 27.8. The highest BCUT2D eigenvalue weighted by Gasteiger charge is 2.30. The molecule has 0 bridgehead atoms. The van der Waals surface area contributed by atoms with Crippen LogP contribution in [0.15, 0.2) is 48.5 Å². The normalized spacial score (nSPS) is 12.3. The highest BCUT2D eigenvalue weighted by atomic mass is 32.2. The van der Waals surface area contributed by atoms with Crippen molar-refractivity contribution in [3.05, 3.63) is 65.2 Å². The zero-order chi connectivity index (χ0) is 25.5. The van der Waals surface area contributed by atoms with E-state index in [1.54, 1.807) is 19.1 Å². The molecule has 0 aliphatic rings. The van der Waals surface area contributed by atoms with Crippen LogP contribution in [0.1, 0.15) is 37.5 Å². The fourth-order valence-corrected chi connectivity index (χ4v) is 4.52. The quantitative estimate of drug-likeness (QED) is 0.527. The molecule has 0 aliphatic heterocycles. The van der Waals surface area contributed by atoms with E-state index < -0.39 is 22.0 Å². The molecule has 0 heterocycles. The minimum atomic E-state index is -3.74. The molecule has 0 radical (unpaired) electrons. The highest BCUT2D eigenvalue weighted by molar-refractivity contribution is 7.92. The summed E-state index contributed by atoms with van der Waals surface area (Å²) in [5, 5.41) is 2.88. The first kappa shape index (κ1) is 27.4. The van der Waals surface area contributed by atoms with Crippen molar-refractivity contribution in [3.63, 3.8) is 0 Å². The zero-order valence-electron chi connectivity index (χ0n) is 21.0. The first-order chi connectivity index (χ1) is 15.9. The lowest BCUT2D eigenvalue weighted by molar-refractivity contribution is -0.138. The number of nitrogens with zero attached hydrogens (tertiary/aromatic N) is 2. The molecule has 186 valence electrons. The van der Waals surface area contributed by atoms with Crippen LogP contribution in [0, 0.1) is 19.8 Å². The maximum atomic E-state index is 13.5. The van der Waals surface area contributed by atoms with Crippen molar-refractivity contribution in [2.45, 2.75) is 47.1 Å². The number of aryl methyl sites for hydroxylation is 1. The predicted molar refractivity (Wildman–Crippen MR) is 137 cm³/mol. The Morgan fingerprint density at radius 1 is 0.971 bits per heavy atom. The number of hydrogen-bond donors (Lipinski definition) is 1. The molecule has 2 amide bonds. The van der Waals surface area contributed by atoms with Crippen molar-refractivity contribution in [2.24, 2.45) is 5.92 Å². The number of nitrogens with one attached hydrogen (secondary N) is 1. The van der Waals surface area contributed by atoms with Gasteiger partial charge in [-0.15, -0.1) is 0 Å². The van der Waals surface area contributed by atoms with E-state index in [0.717, 1.165) is 27.3 Å². The summed E-state index contributed by atoms with van der Waals surface area (Å²) in [5.74, 6) is -0.406. The average molecular weight is 488 g/mol. The number of amides is 2. The molecule has 8 heteroatoms. The molecule has 1 atom stereocenters. The van der Waals surface area contributed by atoms with Gasteiger partial charge in [0.25, 0.3) is 0 Å². The van der Waals surface area contributed by atoms with Gasteiger partial charge < -0.3 is 10.2 Å². The maximum absolute atomic E-state index is 13.5. The van der Waals surface area contributed by atoms with Crippen LogP contribution in [0.5, 0.6) is 0 Å². The topological polar surface area (TPSA) is 86.8 Å². The fraction of sp³-hybridized carbons (Fsp3) is 0.462. The van der Waals surface area contributed by atoms with E-state index in [4.69, 9.17) is 0 Å². The molecule has 0 aliphatic carbocycles. The summed E-state index contributed by atoms with van der Waals surface area (Å²) in [7, 11) is -3.74. The minimum Gasteiger partial charge on any atom is -0.354 e. The van der Waals surface area contributed by atoms with Crippen molar-refractivity contribution in [1.82, 2.24) is 10.2 Å². The number of carbonyl (C=O) groups excluding carboxylic acids is 2. The molecule has 0 aromatic heterocycles. The third kappa shape index (κ3) is 7.58. The summed E-state index contributed by atoms with van der Waals surface area (Å²) < 4.78 is 26.5. The number of anilines is 1. The van der Waals surface area contributed by atoms with Crippen molar-refractivity contribution >= 4 is 27.5 Å². The summed E-state index contributed by atoms with van der Waals surface area (Å²) in [6.07, 6.45) is 1.64. The Hall–Kier alpha value is -2.87. The predicted octanol–water partition coefficient (Wildman–Crippen LogP) is 3.30. The van der Waals surface area contributed by atoms with E-state index in [1.807, 2.05) is 64.1 Å². The standard InChI is InChI=1S/C26H37N3O4S/c1-19(2)17-27-26(31)22(5)28(16-15-23-12-8-7-9-13-23)25(30)18-29(34(6,32)33)24-14-10-11-20(3)21(24)4/h7-14,19,22H,15-18H2,1-6H3,(H,27,31)/t22-/m0/s1. The summed E-state index contributed by atoms with van der Waals surface area (Å²) >= 11 is 0. The van der Waals surface area contributed by atoms with E-state index in [-0.39, 0.29) is 18.4 Å². The van der Waals surface area contributed by atoms with Crippen LogP contribution in [-0.4, -0.2) is 57.1 Å². The molecule has 1 N–H and O–H groups in total. The molecule has 2 rings (SSSR count). The van der Waals surface area contributed by atoms with Gasteiger partial charge in [0.05, 0.1) is 11.9 Å². The van der Waals surface area contributed by atoms with Crippen LogP contribution < -0.4 is 9.62 Å². The van der Waals surface area contributed by atoms with E-state index in [1.165, 1.54) is 4.90 Å². The number of carbonyl (C=O) groups is 2. The second-order valence-electron chi connectivity index (χ2n) is 9.13. The van der Waals surface area contributed by atoms with Gasteiger partial charge in [0.1, 0.15) is 12.6 Å². The van der Waals surface area contributed by atoms with Gasteiger partial charge in [-0.25, -0.2) is 8.42 Å². The van der Waals surface area contributed by atoms with Gasteiger partial charge in [0.2, 0.25) is 21.8 Å². The largest absolute Gasteiger partial charge is 0.354 e. The lowest BCUT2D eigenvalue weighted by Crippen LogP contribution is -2.52. The van der Waals surface area contributed by atoms with E-state index in [2.05, 4.69) is 5.32 Å². The smallest absolute Gasteiger partial charge is 0.244 e. The molecule has 2 aromatic carbocycles. The average Bonchev–Trinajstić information content (AvgIpc) is 2.77. The molecule has 0 saturated heterocycles. The van der Waals surface area contributed by atoms with Gasteiger partial charge >= 0.3 is 0 Å². The Kier molecular flexibility index (Phi) is 9.67. The molecular weight excluding hydrogens is 450 g/mol. The fourth-order valence-electron chi connectivity index (χ4n) is 3.62. The van der Waals surface area contributed by atoms with Gasteiger partial charge in [-0.2, -0.15) is 0 Å². The van der Waals surface area contributed by atoms with E-state index in [9.17, 15) is 18.0 Å². The number of benzene rings is 2. The Bertz CT molecular complexity index is 1080. The van der Waals surface area contributed by atoms with Crippen molar-refractivity contribution in [1.29, 1.82) is 0 Å². The van der Waals surface area contributed by atoms with E-state index in [0.29, 0.717) is 25.2 Å². The van der Waals surface area contributed by atoms with Gasteiger partial charge in [0, 0.05) is 13.1 Å². The third-order valence-corrected chi connectivity index (χ3v) is 6.99. The van der Waals surface area contributed by atoms with Crippen LogP contribution in [0.4, 0.5) is 5.69 Å². The molecule has 0 saturated carbocycles. The van der Waals surface area contributed by atoms with Crippen LogP contribution in [0.25, 0.3) is 0 Å². The van der Waals surface area contributed by atoms with Crippen LogP contribution in [-0.2, 0) is 26.0 Å². The van der Waals surface area contributed by atoms with Gasteiger partial charge in [-0.3, -0.25) is 13.9 Å². The Morgan fingerprint density at radius 2 is 1.62 bits per heavy atom.